The molecule has 190 valence electrons. The minimum atomic E-state index is -0.402. The number of nitrogens with zero attached hydrogens (tertiary/aromatic N) is 1. The summed E-state index contributed by atoms with van der Waals surface area (Å²) in [5.74, 6) is 0.0827. The molecule has 2 aromatic carbocycles. The molecule has 0 atom stereocenters. The number of nitrogens with one attached hydrogen (secondary N) is 1. The summed E-state index contributed by atoms with van der Waals surface area (Å²) in [4.78, 5) is 25.1. The molecule has 1 N–H and O–H groups in total. The van der Waals surface area contributed by atoms with Crippen LogP contribution in [0.5, 0.6) is 11.5 Å². The van der Waals surface area contributed by atoms with Crippen molar-refractivity contribution in [2.24, 2.45) is 5.10 Å². The molecular formula is C26H27FN2O6S. The molecule has 1 amide bonds. The lowest BCUT2D eigenvalue weighted by Gasteiger charge is -2.27. The van der Waals surface area contributed by atoms with Gasteiger partial charge in [-0.2, -0.15) is 5.10 Å². The SMILES string of the molecule is COCC/C(=N/NC(=O)CCC(=O)c1ccc(OC2COC2)c(OC)c1)c1csc2c(F)cccc12. The number of amides is 1. The van der Waals surface area contributed by atoms with Crippen molar-refractivity contribution in [3.63, 3.8) is 0 Å². The van der Waals surface area contributed by atoms with Crippen LogP contribution in [0.2, 0.25) is 0 Å². The maximum Gasteiger partial charge on any atom is 0.240 e. The van der Waals surface area contributed by atoms with Crippen LogP contribution in [0.3, 0.4) is 0 Å². The summed E-state index contributed by atoms with van der Waals surface area (Å²) >= 11 is 1.28. The van der Waals surface area contributed by atoms with E-state index in [4.69, 9.17) is 18.9 Å². The van der Waals surface area contributed by atoms with E-state index in [-0.39, 0.29) is 30.5 Å². The van der Waals surface area contributed by atoms with Crippen LogP contribution in [0.1, 0.15) is 35.2 Å². The fourth-order valence-corrected chi connectivity index (χ4v) is 4.64. The monoisotopic (exact) mass is 514 g/mol. The molecule has 0 aliphatic carbocycles. The molecule has 36 heavy (non-hydrogen) atoms. The van der Waals surface area contributed by atoms with E-state index in [1.807, 2.05) is 11.4 Å². The Morgan fingerprint density at radius 3 is 2.69 bits per heavy atom. The van der Waals surface area contributed by atoms with E-state index in [1.165, 1.54) is 24.5 Å². The lowest BCUT2D eigenvalue weighted by molar-refractivity contribution is -0.121. The zero-order valence-corrected chi connectivity index (χ0v) is 20.9. The number of carbonyl (C=O) groups excluding carboxylic acids is 2. The number of methoxy groups -OCH3 is 2. The van der Waals surface area contributed by atoms with E-state index in [1.54, 1.807) is 31.4 Å². The van der Waals surface area contributed by atoms with Gasteiger partial charge in [-0.3, -0.25) is 9.59 Å². The lowest BCUT2D eigenvalue weighted by atomic mass is 10.1. The number of ketones is 1. The Kier molecular flexibility index (Phi) is 8.63. The fraction of sp³-hybridized carbons (Fsp3) is 0.346. The van der Waals surface area contributed by atoms with E-state index < -0.39 is 5.91 Å². The Labute approximate surface area is 212 Å². The van der Waals surface area contributed by atoms with E-state index >= 15 is 0 Å². The highest BCUT2D eigenvalue weighted by molar-refractivity contribution is 7.17. The van der Waals surface area contributed by atoms with Crippen molar-refractivity contribution < 1.29 is 32.9 Å². The summed E-state index contributed by atoms with van der Waals surface area (Å²) < 4.78 is 36.1. The van der Waals surface area contributed by atoms with Crippen LogP contribution in [0, 0.1) is 5.82 Å². The van der Waals surface area contributed by atoms with Gasteiger partial charge in [0.25, 0.3) is 0 Å². The summed E-state index contributed by atoms with van der Waals surface area (Å²) in [6.07, 6.45) is 0.365. The van der Waals surface area contributed by atoms with Gasteiger partial charge in [0.15, 0.2) is 17.3 Å². The zero-order chi connectivity index (χ0) is 25.5. The number of hydrogen-bond donors (Lipinski definition) is 1. The fourth-order valence-electron chi connectivity index (χ4n) is 3.65. The average Bonchev–Trinajstić information content (AvgIpc) is 3.30. The zero-order valence-electron chi connectivity index (χ0n) is 20.0. The number of fused-ring (bicyclic) bond motifs is 1. The Morgan fingerprint density at radius 1 is 1.14 bits per heavy atom. The molecule has 0 unspecified atom stereocenters. The van der Waals surface area contributed by atoms with Crippen molar-refractivity contribution in [1.82, 2.24) is 5.43 Å². The third kappa shape index (κ3) is 6.07. The molecule has 1 fully saturated rings. The molecule has 8 nitrogen and oxygen atoms in total. The van der Waals surface area contributed by atoms with Gasteiger partial charge in [0.2, 0.25) is 5.91 Å². The molecular weight excluding hydrogens is 487 g/mol. The smallest absolute Gasteiger partial charge is 0.240 e. The molecule has 1 aliphatic heterocycles. The first-order valence-corrected chi connectivity index (χ1v) is 12.3. The van der Waals surface area contributed by atoms with Gasteiger partial charge in [-0.1, -0.05) is 12.1 Å². The summed E-state index contributed by atoms with van der Waals surface area (Å²) in [6.45, 7) is 1.43. The standard InChI is InChI=1S/C26H27FN2O6S/c1-32-11-10-21(19-15-36-26-18(19)4-3-5-20(26)27)28-29-25(31)9-7-22(30)16-6-8-23(24(12-16)33-2)35-17-13-34-14-17/h3-6,8,12,15,17H,7,9-11,13-14H2,1-2H3,(H,29,31)/b28-21-. The Morgan fingerprint density at radius 2 is 1.97 bits per heavy atom. The predicted molar refractivity (Wildman–Crippen MR) is 135 cm³/mol. The highest BCUT2D eigenvalue weighted by Crippen LogP contribution is 2.31. The first kappa shape index (κ1) is 25.7. The van der Waals surface area contributed by atoms with E-state index in [2.05, 4.69) is 10.5 Å². The van der Waals surface area contributed by atoms with Crippen molar-refractivity contribution >= 4 is 38.8 Å². The molecule has 3 aromatic rings. The number of ether oxygens (including phenoxy) is 4. The first-order chi connectivity index (χ1) is 17.5. The minimum Gasteiger partial charge on any atom is -0.493 e. The highest BCUT2D eigenvalue weighted by Gasteiger charge is 2.22. The molecule has 1 aliphatic rings. The first-order valence-electron chi connectivity index (χ1n) is 11.5. The topological polar surface area (TPSA) is 95.5 Å². The number of hydrogen-bond acceptors (Lipinski definition) is 8. The Balaban J connectivity index is 1.38. The van der Waals surface area contributed by atoms with Crippen LogP contribution in [-0.4, -0.2) is 57.5 Å². The summed E-state index contributed by atoms with van der Waals surface area (Å²) in [5.41, 5.74) is 4.27. The highest BCUT2D eigenvalue weighted by atomic mass is 32.1. The number of carbonyl (C=O) groups is 2. The van der Waals surface area contributed by atoms with Gasteiger partial charge >= 0.3 is 0 Å². The molecule has 0 radical (unpaired) electrons. The van der Waals surface area contributed by atoms with E-state index in [0.29, 0.717) is 53.7 Å². The van der Waals surface area contributed by atoms with Gasteiger partial charge in [0.05, 0.1) is 37.3 Å². The van der Waals surface area contributed by atoms with Crippen molar-refractivity contribution in [1.29, 1.82) is 0 Å². The van der Waals surface area contributed by atoms with Crippen LogP contribution < -0.4 is 14.9 Å². The second kappa shape index (κ2) is 12.1. The van der Waals surface area contributed by atoms with Crippen LogP contribution >= 0.6 is 11.3 Å². The van der Waals surface area contributed by atoms with Crippen LogP contribution in [0.15, 0.2) is 46.9 Å². The van der Waals surface area contributed by atoms with Crippen LogP contribution in [0.25, 0.3) is 10.1 Å². The molecule has 0 bridgehead atoms. The molecule has 2 heterocycles. The summed E-state index contributed by atoms with van der Waals surface area (Å²) in [6, 6.07) is 9.81. The van der Waals surface area contributed by atoms with Crippen molar-refractivity contribution in [3.8, 4) is 11.5 Å². The second-order valence-electron chi connectivity index (χ2n) is 8.17. The number of rotatable bonds is 12. The summed E-state index contributed by atoms with van der Waals surface area (Å²) in [5, 5.41) is 6.82. The molecule has 10 heteroatoms. The van der Waals surface area contributed by atoms with E-state index in [0.717, 1.165) is 10.9 Å². The number of hydrazone groups is 1. The van der Waals surface area contributed by atoms with Gasteiger partial charge in [-0.05, 0) is 24.3 Å². The van der Waals surface area contributed by atoms with E-state index in [9.17, 15) is 14.0 Å². The third-order valence-electron chi connectivity index (χ3n) is 5.69. The maximum atomic E-state index is 14.1. The molecule has 1 aromatic heterocycles. The second-order valence-corrected chi connectivity index (χ2v) is 9.05. The van der Waals surface area contributed by atoms with Crippen LogP contribution in [-0.2, 0) is 14.3 Å². The predicted octanol–water partition coefficient (Wildman–Crippen LogP) is 4.35. The quantitative estimate of drug-likeness (QED) is 0.219. The van der Waals surface area contributed by atoms with Crippen molar-refractivity contribution in [2.45, 2.75) is 25.4 Å². The van der Waals surface area contributed by atoms with Gasteiger partial charge in [-0.25, -0.2) is 9.82 Å². The number of halogens is 1. The lowest BCUT2D eigenvalue weighted by Crippen LogP contribution is -2.38. The van der Waals surface area contributed by atoms with Crippen molar-refractivity contribution in [3.05, 3.63) is 58.7 Å². The van der Waals surface area contributed by atoms with Crippen LogP contribution in [0.4, 0.5) is 4.39 Å². The maximum absolute atomic E-state index is 14.1. The normalized spacial score (nSPS) is 13.9. The van der Waals surface area contributed by atoms with Gasteiger partial charge in [-0.15, -0.1) is 11.3 Å². The third-order valence-corrected chi connectivity index (χ3v) is 6.69. The number of thiophene rings is 1. The minimum absolute atomic E-state index is 0.00116. The van der Waals surface area contributed by atoms with Gasteiger partial charge in [0.1, 0.15) is 11.9 Å². The molecule has 0 saturated carbocycles. The van der Waals surface area contributed by atoms with Gasteiger partial charge in [0, 0.05) is 48.3 Å². The molecule has 4 rings (SSSR count). The number of benzene rings is 2. The Hall–Kier alpha value is -3.34. The largest absolute Gasteiger partial charge is 0.493 e. The van der Waals surface area contributed by atoms with Gasteiger partial charge < -0.3 is 18.9 Å². The average molecular weight is 515 g/mol. The Bertz CT molecular complexity index is 1270. The number of Topliss-reactive ketones (excluding diaryl/α,β-unsaturated/α-hetero) is 1. The molecule has 1 saturated heterocycles. The van der Waals surface area contributed by atoms with Crippen molar-refractivity contribution in [2.75, 3.05) is 34.0 Å². The summed E-state index contributed by atoms with van der Waals surface area (Å²) in [7, 11) is 3.08. The molecule has 0 spiro atoms.